The van der Waals surface area contributed by atoms with Crippen LogP contribution in [0.15, 0.2) is 58.4 Å². The minimum Gasteiger partial charge on any atom is -0.340 e. The summed E-state index contributed by atoms with van der Waals surface area (Å²) in [6.45, 7) is 1.22. The van der Waals surface area contributed by atoms with E-state index in [1.807, 2.05) is 23.1 Å². The number of nitrogens with zero attached hydrogens (tertiary/aromatic N) is 3. The number of amides is 1. The van der Waals surface area contributed by atoms with Gasteiger partial charge in [-0.15, -0.1) is 11.3 Å². The van der Waals surface area contributed by atoms with Gasteiger partial charge in [-0.25, -0.2) is 13.4 Å². The van der Waals surface area contributed by atoms with Gasteiger partial charge in [0.25, 0.3) is 10.0 Å². The fourth-order valence-electron chi connectivity index (χ4n) is 3.97. The summed E-state index contributed by atoms with van der Waals surface area (Å²) in [6, 6.07) is 14.7. The summed E-state index contributed by atoms with van der Waals surface area (Å²) in [7, 11) is -3.60. The van der Waals surface area contributed by atoms with E-state index in [0.717, 1.165) is 28.1 Å². The zero-order valence-corrected chi connectivity index (χ0v) is 17.7. The van der Waals surface area contributed by atoms with Gasteiger partial charge in [-0.1, -0.05) is 24.3 Å². The van der Waals surface area contributed by atoms with Crippen molar-refractivity contribution in [2.75, 3.05) is 19.6 Å². The molecule has 2 aliphatic rings. The summed E-state index contributed by atoms with van der Waals surface area (Å²) >= 11 is 1.69. The van der Waals surface area contributed by atoms with Crippen molar-refractivity contribution in [1.29, 1.82) is 0 Å². The zero-order valence-electron chi connectivity index (χ0n) is 16.1. The molecule has 30 heavy (non-hydrogen) atoms. The first-order valence-corrected chi connectivity index (χ1v) is 12.1. The van der Waals surface area contributed by atoms with Crippen LogP contribution in [0.2, 0.25) is 0 Å². The quantitative estimate of drug-likeness (QED) is 0.678. The van der Waals surface area contributed by atoms with Gasteiger partial charge in [0.1, 0.15) is 12.4 Å². The Hall–Kier alpha value is -2.78. The molecule has 1 saturated heterocycles. The molecule has 0 spiro atoms. The highest BCUT2D eigenvalue weighted by Crippen LogP contribution is 2.33. The highest BCUT2D eigenvalue weighted by atomic mass is 32.2. The second kappa shape index (κ2) is 7.48. The van der Waals surface area contributed by atoms with E-state index in [2.05, 4.69) is 15.8 Å². The average Bonchev–Trinajstić information content (AvgIpc) is 3.31. The number of carbonyl (C=O) groups excluding carboxylic acids is 1. The number of aromatic nitrogens is 1. The minimum atomic E-state index is -3.60. The van der Waals surface area contributed by atoms with Crippen LogP contribution in [0.4, 0.5) is 0 Å². The molecule has 1 N–H and O–H groups in total. The molecule has 0 aliphatic carbocycles. The van der Waals surface area contributed by atoms with E-state index in [-0.39, 0.29) is 29.1 Å². The molecule has 1 aromatic heterocycles. The largest absolute Gasteiger partial charge is 0.340 e. The number of hydrogen-bond donors (Lipinski definition) is 1. The summed E-state index contributed by atoms with van der Waals surface area (Å²) < 4.78 is 28.0. The van der Waals surface area contributed by atoms with Crippen LogP contribution in [0, 0.1) is 0 Å². The molecule has 9 heteroatoms. The second-order valence-corrected chi connectivity index (χ2v) is 10.2. The highest BCUT2D eigenvalue weighted by Gasteiger charge is 2.31. The smallest absolute Gasteiger partial charge is 0.263 e. The summed E-state index contributed by atoms with van der Waals surface area (Å²) in [5, 5.41) is 1.07. The number of nitrogens with one attached hydrogen (secondary N) is 1. The number of aliphatic imine (C=N–C) groups is 1. The maximum atomic E-state index is 12.8. The molecule has 1 fully saturated rings. The Morgan fingerprint density at radius 3 is 2.87 bits per heavy atom. The molecule has 7 nitrogen and oxygen atoms in total. The molecular formula is C21H20N4O3S2. The number of hydrogen-bond acceptors (Lipinski definition) is 6. The van der Waals surface area contributed by atoms with Crippen molar-refractivity contribution in [3.8, 4) is 0 Å². The molecule has 154 valence electrons. The first-order chi connectivity index (χ1) is 14.5. The van der Waals surface area contributed by atoms with Crippen LogP contribution in [0.5, 0.6) is 0 Å². The van der Waals surface area contributed by atoms with E-state index >= 15 is 0 Å². The van der Waals surface area contributed by atoms with Crippen molar-refractivity contribution in [1.82, 2.24) is 14.6 Å². The van der Waals surface area contributed by atoms with E-state index in [9.17, 15) is 13.2 Å². The first-order valence-electron chi connectivity index (χ1n) is 9.81. The molecular weight excluding hydrogens is 420 g/mol. The third kappa shape index (κ3) is 3.48. The standard InChI is InChI=1S/C21H20N4O3S2/c26-19(12-22-20-15-7-1-4-10-18(15)30(27,28)24-20)25-11-5-6-14(13-25)21-23-16-8-2-3-9-17(16)29-21/h1-4,7-10,14H,5-6,11-13H2,(H,22,24)/t14-/m1/s1. The monoisotopic (exact) mass is 440 g/mol. The Labute approximate surface area is 178 Å². The van der Waals surface area contributed by atoms with Gasteiger partial charge in [-0.2, -0.15) is 0 Å². The van der Waals surface area contributed by atoms with Crippen LogP contribution < -0.4 is 4.72 Å². The van der Waals surface area contributed by atoms with Gasteiger partial charge in [0, 0.05) is 24.6 Å². The Balaban J connectivity index is 1.30. The van der Waals surface area contributed by atoms with Gasteiger partial charge in [-0.05, 0) is 37.1 Å². The van der Waals surface area contributed by atoms with E-state index in [1.165, 1.54) is 6.07 Å². The minimum absolute atomic E-state index is 0.0846. The Kier molecular flexibility index (Phi) is 4.79. The number of amidine groups is 1. The van der Waals surface area contributed by atoms with Crippen molar-refractivity contribution in [2.24, 2.45) is 4.99 Å². The third-order valence-electron chi connectivity index (χ3n) is 5.47. The van der Waals surface area contributed by atoms with E-state index < -0.39 is 10.0 Å². The van der Waals surface area contributed by atoms with Crippen molar-refractivity contribution in [3.05, 3.63) is 59.1 Å². The van der Waals surface area contributed by atoms with Crippen LogP contribution in [0.3, 0.4) is 0 Å². The van der Waals surface area contributed by atoms with E-state index in [1.54, 1.807) is 29.5 Å². The number of fused-ring (bicyclic) bond motifs is 2. The van der Waals surface area contributed by atoms with Gasteiger partial charge in [0.2, 0.25) is 5.91 Å². The maximum Gasteiger partial charge on any atom is 0.263 e. The molecule has 0 radical (unpaired) electrons. The third-order valence-corrected chi connectivity index (χ3v) is 8.06. The molecule has 3 aromatic rings. The lowest BCUT2D eigenvalue weighted by atomic mass is 9.98. The summed E-state index contributed by atoms with van der Waals surface area (Å²) in [4.78, 5) is 23.9. The number of likely N-dealkylation sites (tertiary alicyclic amines) is 1. The fourth-order valence-corrected chi connectivity index (χ4v) is 6.31. The lowest BCUT2D eigenvalue weighted by Crippen LogP contribution is -2.40. The van der Waals surface area contributed by atoms with Crippen LogP contribution in [-0.2, 0) is 14.8 Å². The molecule has 0 unspecified atom stereocenters. The molecule has 2 aliphatic heterocycles. The molecule has 5 rings (SSSR count). The summed E-state index contributed by atoms with van der Waals surface area (Å²) in [5.41, 5.74) is 1.51. The second-order valence-electron chi connectivity index (χ2n) is 7.47. The number of sulfonamides is 1. The SMILES string of the molecule is O=C(CN=C1NS(=O)(=O)c2ccccc21)N1CCC[C@@H](c2nc3ccccc3s2)C1. The predicted octanol–water partition coefficient (Wildman–Crippen LogP) is 2.74. The van der Waals surface area contributed by atoms with Crippen molar-refractivity contribution < 1.29 is 13.2 Å². The molecule has 0 saturated carbocycles. The zero-order chi connectivity index (χ0) is 20.7. The number of piperidine rings is 1. The number of carbonyl (C=O) groups is 1. The topological polar surface area (TPSA) is 91.7 Å². The Bertz CT molecular complexity index is 1230. The van der Waals surface area contributed by atoms with E-state index in [0.29, 0.717) is 18.7 Å². The number of rotatable bonds is 3. The van der Waals surface area contributed by atoms with Gasteiger partial charge >= 0.3 is 0 Å². The maximum absolute atomic E-state index is 12.8. The normalized spacial score (nSPS) is 21.5. The summed E-state index contributed by atoms with van der Waals surface area (Å²) in [6.07, 6.45) is 1.92. The van der Waals surface area contributed by atoms with Crippen molar-refractivity contribution >= 4 is 43.3 Å². The predicted molar refractivity (Wildman–Crippen MR) is 116 cm³/mol. The highest BCUT2D eigenvalue weighted by molar-refractivity contribution is 7.90. The average molecular weight is 441 g/mol. The molecule has 0 bridgehead atoms. The van der Waals surface area contributed by atoms with Crippen molar-refractivity contribution in [2.45, 2.75) is 23.7 Å². The van der Waals surface area contributed by atoms with Crippen molar-refractivity contribution in [3.63, 3.8) is 0 Å². The number of thiazole rings is 1. The van der Waals surface area contributed by atoms with Crippen LogP contribution in [-0.4, -0.2) is 49.7 Å². The Morgan fingerprint density at radius 2 is 2.00 bits per heavy atom. The molecule has 2 aromatic carbocycles. The van der Waals surface area contributed by atoms with Gasteiger partial charge in [0.15, 0.2) is 0 Å². The number of benzene rings is 2. The van der Waals surface area contributed by atoms with Crippen LogP contribution in [0.1, 0.15) is 29.3 Å². The van der Waals surface area contributed by atoms with Gasteiger partial charge in [0.05, 0.1) is 20.1 Å². The van der Waals surface area contributed by atoms with E-state index in [4.69, 9.17) is 4.98 Å². The van der Waals surface area contributed by atoms with Gasteiger partial charge in [-0.3, -0.25) is 14.5 Å². The molecule has 1 amide bonds. The van der Waals surface area contributed by atoms with Crippen LogP contribution >= 0.6 is 11.3 Å². The van der Waals surface area contributed by atoms with Gasteiger partial charge < -0.3 is 4.90 Å². The lowest BCUT2D eigenvalue weighted by Gasteiger charge is -2.31. The fraction of sp³-hybridized carbons (Fsp3) is 0.286. The number of para-hydroxylation sites is 1. The lowest BCUT2D eigenvalue weighted by molar-refractivity contribution is -0.130. The first kappa shape index (κ1) is 19.2. The molecule has 1 atom stereocenters. The van der Waals surface area contributed by atoms with Crippen LogP contribution in [0.25, 0.3) is 10.2 Å². The molecule has 3 heterocycles. The Morgan fingerprint density at radius 1 is 1.20 bits per heavy atom. The summed E-state index contributed by atoms with van der Waals surface area (Å²) in [5.74, 6) is 0.356.